The first-order valence-electron chi connectivity index (χ1n) is 10.3. The highest BCUT2D eigenvalue weighted by Gasteiger charge is 2.28. The number of hydrogen-bond acceptors (Lipinski definition) is 5. The van der Waals surface area contributed by atoms with Crippen molar-refractivity contribution < 1.29 is 14.3 Å². The fourth-order valence-corrected chi connectivity index (χ4v) is 4.28. The van der Waals surface area contributed by atoms with Crippen LogP contribution in [0, 0.1) is 0 Å². The number of carbonyl (C=O) groups is 1. The monoisotopic (exact) mass is 443 g/mol. The number of hydrogen-bond donors (Lipinski definition) is 1. The van der Waals surface area contributed by atoms with Crippen molar-refractivity contribution in [2.75, 3.05) is 52.6 Å². The number of rotatable bonds is 7. The van der Waals surface area contributed by atoms with Crippen molar-refractivity contribution in [2.45, 2.75) is 38.4 Å². The lowest BCUT2D eigenvalue weighted by atomic mass is 10.0. The third-order valence-electron chi connectivity index (χ3n) is 5.93. The van der Waals surface area contributed by atoms with Gasteiger partial charge in [0.15, 0.2) is 0 Å². The Bertz CT molecular complexity index is 679. The van der Waals surface area contributed by atoms with Gasteiger partial charge < -0.3 is 14.8 Å². The summed E-state index contributed by atoms with van der Waals surface area (Å²) >= 11 is 12.3. The first-order chi connectivity index (χ1) is 14.0. The molecule has 2 aliphatic heterocycles. The minimum Gasteiger partial charge on any atom is -0.379 e. The zero-order valence-electron chi connectivity index (χ0n) is 17.2. The van der Waals surface area contributed by atoms with E-state index in [2.05, 4.69) is 29.0 Å². The molecule has 0 bridgehead atoms. The van der Waals surface area contributed by atoms with Gasteiger partial charge in [-0.2, -0.15) is 0 Å². The van der Waals surface area contributed by atoms with E-state index in [9.17, 15) is 4.79 Å². The minimum atomic E-state index is -0.0560. The van der Waals surface area contributed by atoms with Crippen molar-refractivity contribution in [2.24, 2.45) is 0 Å². The van der Waals surface area contributed by atoms with E-state index in [1.54, 1.807) is 6.07 Å². The summed E-state index contributed by atoms with van der Waals surface area (Å²) in [6.07, 6.45) is 0.373. The van der Waals surface area contributed by atoms with E-state index in [0.29, 0.717) is 29.7 Å². The van der Waals surface area contributed by atoms with Gasteiger partial charge in [-0.05, 0) is 31.5 Å². The van der Waals surface area contributed by atoms with E-state index in [0.717, 1.165) is 45.0 Å². The molecule has 0 aromatic heterocycles. The average molecular weight is 444 g/mol. The van der Waals surface area contributed by atoms with Gasteiger partial charge in [-0.25, -0.2) is 0 Å². The van der Waals surface area contributed by atoms with Gasteiger partial charge >= 0.3 is 0 Å². The van der Waals surface area contributed by atoms with E-state index in [1.165, 1.54) is 0 Å². The number of ether oxygens (including phenoxy) is 2. The Hall–Kier alpha value is -0.890. The normalized spacial score (nSPS) is 22.1. The second-order valence-electron chi connectivity index (χ2n) is 7.79. The number of nitrogens with one attached hydrogen (secondary N) is 1. The number of amides is 1. The molecule has 1 aromatic carbocycles. The summed E-state index contributed by atoms with van der Waals surface area (Å²) in [7, 11) is 0. The molecule has 3 rings (SSSR count). The van der Waals surface area contributed by atoms with Crippen LogP contribution in [0.1, 0.15) is 31.9 Å². The molecule has 2 fully saturated rings. The van der Waals surface area contributed by atoms with Crippen LogP contribution >= 0.6 is 23.2 Å². The Kier molecular flexibility index (Phi) is 8.59. The Morgan fingerprint density at radius 1 is 1.00 bits per heavy atom. The lowest BCUT2D eigenvalue weighted by molar-refractivity contribution is -0.124. The van der Waals surface area contributed by atoms with Gasteiger partial charge in [-0.3, -0.25) is 14.6 Å². The highest BCUT2D eigenvalue weighted by Crippen LogP contribution is 2.31. The summed E-state index contributed by atoms with van der Waals surface area (Å²) in [6, 6.07) is 5.89. The summed E-state index contributed by atoms with van der Waals surface area (Å²) in [5.74, 6) is 0.0418. The number of nitrogens with zero attached hydrogens (tertiary/aromatic N) is 2. The van der Waals surface area contributed by atoms with E-state index < -0.39 is 0 Å². The molecule has 3 atom stereocenters. The third kappa shape index (κ3) is 6.29. The molecule has 0 aliphatic carbocycles. The highest BCUT2D eigenvalue weighted by molar-refractivity contribution is 6.42. The van der Waals surface area contributed by atoms with Crippen LogP contribution < -0.4 is 5.32 Å². The van der Waals surface area contributed by atoms with Gasteiger partial charge in [0.25, 0.3) is 0 Å². The molecule has 2 heterocycles. The average Bonchev–Trinajstić information content (AvgIpc) is 2.74. The van der Waals surface area contributed by atoms with E-state index >= 15 is 0 Å². The maximum absolute atomic E-state index is 12.9. The zero-order valence-corrected chi connectivity index (χ0v) is 18.7. The van der Waals surface area contributed by atoms with Crippen LogP contribution in [0.4, 0.5) is 0 Å². The molecule has 29 heavy (non-hydrogen) atoms. The molecule has 162 valence electrons. The second-order valence-corrected chi connectivity index (χ2v) is 8.60. The van der Waals surface area contributed by atoms with Crippen LogP contribution in [0.25, 0.3) is 0 Å². The molecule has 8 heteroatoms. The van der Waals surface area contributed by atoms with Crippen LogP contribution in [-0.4, -0.2) is 80.4 Å². The molecular formula is C21H31Cl2N3O3. The van der Waals surface area contributed by atoms with Gasteiger partial charge in [-0.15, -0.1) is 0 Å². The number of morpholine rings is 2. The van der Waals surface area contributed by atoms with Crippen molar-refractivity contribution in [3.05, 3.63) is 33.8 Å². The van der Waals surface area contributed by atoms with Crippen molar-refractivity contribution in [1.82, 2.24) is 15.1 Å². The largest absolute Gasteiger partial charge is 0.379 e. The van der Waals surface area contributed by atoms with Gasteiger partial charge in [0.05, 0.1) is 36.5 Å². The topological polar surface area (TPSA) is 54.0 Å². The zero-order chi connectivity index (χ0) is 20.8. The standard InChI is InChI=1S/C21H31Cl2N3O3/c1-15(16(2)25-5-9-28-10-6-25)24-21(27)14-20(26-7-11-29-12-8-26)17-3-4-18(22)19(23)13-17/h3-4,13,15-16,20H,5-12,14H2,1-2H3,(H,24,27)/t15-,16+,20-/m0/s1. The highest BCUT2D eigenvalue weighted by atomic mass is 35.5. The summed E-state index contributed by atoms with van der Waals surface area (Å²) in [6.45, 7) is 10.5. The summed E-state index contributed by atoms with van der Waals surface area (Å²) in [5, 5.41) is 4.24. The lowest BCUT2D eigenvalue weighted by Gasteiger charge is -2.37. The van der Waals surface area contributed by atoms with E-state index in [-0.39, 0.29) is 24.0 Å². The predicted molar refractivity (Wildman–Crippen MR) is 116 cm³/mol. The molecule has 6 nitrogen and oxygen atoms in total. The van der Waals surface area contributed by atoms with Crippen LogP contribution in [0.3, 0.4) is 0 Å². The Morgan fingerprint density at radius 2 is 1.59 bits per heavy atom. The Labute approximate surface area is 183 Å². The van der Waals surface area contributed by atoms with Crippen molar-refractivity contribution in [3.63, 3.8) is 0 Å². The first kappa shape index (κ1) is 22.8. The van der Waals surface area contributed by atoms with Crippen molar-refractivity contribution >= 4 is 29.1 Å². The third-order valence-corrected chi connectivity index (χ3v) is 6.67. The van der Waals surface area contributed by atoms with E-state index in [4.69, 9.17) is 32.7 Å². The van der Waals surface area contributed by atoms with Crippen LogP contribution in [0.15, 0.2) is 18.2 Å². The quantitative estimate of drug-likeness (QED) is 0.701. The molecular weight excluding hydrogens is 413 g/mol. The Balaban J connectivity index is 1.66. The molecule has 0 spiro atoms. The maximum atomic E-state index is 12.9. The fraction of sp³-hybridized carbons (Fsp3) is 0.667. The van der Waals surface area contributed by atoms with E-state index in [1.807, 2.05) is 12.1 Å². The minimum absolute atomic E-state index is 0.0418. The molecule has 1 N–H and O–H groups in total. The molecule has 2 saturated heterocycles. The van der Waals surface area contributed by atoms with Gasteiger partial charge in [0.1, 0.15) is 0 Å². The second kappa shape index (κ2) is 10.9. The number of carbonyl (C=O) groups excluding carboxylic acids is 1. The molecule has 1 aromatic rings. The first-order valence-corrected chi connectivity index (χ1v) is 11.1. The van der Waals surface area contributed by atoms with Crippen LogP contribution in [0.5, 0.6) is 0 Å². The lowest BCUT2D eigenvalue weighted by Crippen LogP contribution is -2.52. The molecule has 0 unspecified atom stereocenters. The molecule has 0 radical (unpaired) electrons. The summed E-state index contributed by atoms with van der Waals surface area (Å²) < 4.78 is 10.9. The van der Waals surface area contributed by atoms with Gasteiger partial charge in [0.2, 0.25) is 5.91 Å². The smallest absolute Gasteiger partial charge is 0.222 e. The summed E-state index contributed by atoms with van der Waals surface area (Å²) in [5.41, 5.74) is 1.00. The van der Waals surface area contributed by atoms with Crippen LogP contribution in [-0.2, 0) is 14.3 Å². The maximum Gasteiger partial charge on any atom is 0.222 e. The van der Waals surface area contributed by atoms with Crippen molar-refractivity contribution in [3.8, 4) is 0 Å². The molecule has 2 aliphatic rings. The predicted octanol–water partition coefficient (Wildman–Crippen LogP) is 2.98. The van der Waals surface area contributed by atoms with Gasteiger partial charge in [0, 0.05) is 50.7 Å². The summed E-state index contributed by atoms with van der Waals surface area (Å²) in [4.78, 5) is 17.6. The van der Waals surface area contributed by atoms with Gasteiger partial charge in [-0.1, -0.05) is 29.3 Å². The number of benzene rings is 1. The van der Waals surface area contributed by atoms with Crippen molar-refractivity contribution in [1.29, 1.82) is 0 Å². The SMILES string of the molecule is C[C@H](NC(=O)C[C@@H](c1ccc(Cl)c(Cl)c1)N1CCOCC1)[C@@H](C)N1CCOCC1. The molecule has 1 amide bonds. The van der Waals surface area contributed by atoms with Crippen LogP contribution in [0.2, 0.25) is 10.0 Å². The number of halogens is 2. The Morgan fingerprint density at radius 3 is 2.17 bits per heavy atom. The molecule has 0 saturated carbocycles. The fourth-order valence-electron chi connectivity index (χ4n) is 3.98.